The Hall–Kier alpha value is -3.89. The van der Waals surface area contributed by atoms with Crippen LogP contribution in [0, 0.1) is 17.7 Å². The van der Waals surface area contributed by atoms with Gasteiger partial charge in [0.25, 0.3) is 0 Å². The molecule has 7 nitrogen and oxygen atoms in total. The summed E-state index contributed by atoms with van der Waals surface area (Å²) < 4.78 is 72.7. The topological polar surface area (TPSA) is 81.9 Å². The number of cyclic esters (lactones) is 1. The Morgan fingerprint density at radius 2 is 1.82 bits per heavy atom. The molecule has 0 saturated heterocycles. The van der Waals surface area contributed by atoms with Crippen molar-refractivity contribution in [2.75, 3.05) is 4.90 Å². The van der Waals surface area contributed by atoms with E-state index in [9.17, 15) is 22.8 Å². The molecule has 212 valence electrons. The van der Waals surface area contributed by atoms with Crippen molar-refractivity contribution in [1.29, 1.82) is 0 Å². The average molecular weight is 561 g/mol. The van der Waals surface area contributed by atoms with Gasteiger partial charge in [-0.15, -0.1) is 0 Å². The van der Waals surface area contributed by atoms with E-state index in [2.05, 4.69) is 11.9 Å². The Kier molecular flexibility index (Phi) is 7.57. The third kappa shape index (κ3) is 5.68. The van der Waals surface area contributed by atoms with Crippen LogP contribution in [0.2, 0.25) is 0 Å². The maximum absolute atomic E-state index is 15.3. The number of alkyl halides is 3. The van der Waals surface area contributed by atoms with Crippen LogP contribution in [0.25, 0.3) is 0 Å². The van der Waals surface area contributed by atoms with E-state index < -0.39 is 41.4 Å². The minimum atomic E-state index is -4.84. The van der Waals surface area contributed by atoms with Crippen molar-refractivity contribution in [3.63, 3.8) is 0 Å². The van der Waals surface area contributed by atoms with Crippen molar-refractivity contribution in [3.05, 3.63) is 71.1 Å². The van der Waals surface area contributed by atoms with Crippen LogP contribution >= 0.6 is 0 Å². The van der Waals surface area contributed by atoms with Gasteiger partial charge in [-0.3, -0.25) is 9.69 Å². The summed E-state index contributed by atoms with van der Waals surface area (Å²) in [5.41, 5.74) is -0.255. The Bertz CT molecular complexity index is 1400. The predicted octanol–water partition coefficient (Wildman–Crippen LogP) is 7.09. The fourth-order valence-electron chi connectivity index (χ4n) is 5.20. The van der Waals surface area contributed by atoms with Crippen LogP contribution in [0.4, 0.5) is 23.2 Å². The highest BCUT2D eigenvalue weighted by molar-refractivity contribution is 6.06. The van der Waals surface area contributed by atoms with Gasteiger partial charge in [-0.2, -0.15) is 13.2 Å². The molecule has 1 fully saturated rings. The SMILES string of the molecule is CC1CCC(C(=O)N2c3cc(F)c(Oc4ncc(CCc5ccoc5)cc4C(F)(F)F)cc3C(=O)OC2C)CC1. The Morgan fingerprint density at radius 3 is 2.50 bits per heavy atom. The average Bonchev–Trinajstić information content (AvgIpc) is 3.42. The summed E-state index contributed by atoms with van der Waals surface area (Å²) in [4.78, 5) is 31.2. The Labute approximate surface area is 228 Å². The lowest BCUT2D eigenvalue weighted by atomic mass is 9.82. The van der Waals surface area contributed by atoms with Gasteiger partial charge in [0.15, 0.2) is 17.8 Å². The van der Waals surface area contributed by atoms with Crippen molar-refractivity contribution in [2.24, 2.45) is 11.8 Å². The van der Waals surface area contributed by atoms with Gasteiger partial charge in [-0.1, -0.05) is 6.92 Å². The minimum Gasteiger partial charge on any atom is -0.472 e. The number of carbonyl (C=O) groups excluding carboxylic acids is 2. The first-order chi connectivity index (χ1) is 19.0. The molecule has 0 bridgehead atoms. The summed E-state index contributed by atoms with van der Waals surface area (Å²) in [6, 6.07) is 4.50. The minimum absolute atomic E-state index is 0.00387. The van der Waals surface area contributed by atoms with E-state index in [1.807, 2.05) is 0 Å². The number of furan rings is 1. The number of aromatic nitrogens is 1. The van der Waals surface area contributed by atoms with Crippen LogP contribution in [0.5, 0.6) is 11.6 Å². The van der Waals surface area contributed by atoms with E-state index in [1.165, 1.54) is 30.5 Å². The number of esters is 1. The number of amides is 1. The summed E-state index contributed by atoms with van der Waals surface area (Å²) in [6.45, 7) is 3.63. The maximum atomic E-state index is 15.3. The fraction of sp³-hybridized carbons (Fsp3) is 0.414. The third-order valence-electron chi connectivity index (χ3n) is 7.48. The predicted molar refractivity (Wildman–Crippen MR) is 135 cm³/mol. The molecule has 0 N–H and O–H groups in total. The number of benzene rings is 1. The zero-order chi connectivity index (χ0) is 28.6. The highest BCUT2D eigenvalue weighted by Gasteiger charge is 2.40. The monoisotopic (exact) mass is 560 g/mol. The van der Waals surface area contributed by atoms with Crippen LogP contribution < -0.4 is 9.64 Å². The summed E-state index contributed by atoms with van der Waals surface area (Å²) in [7, 11) is 0. The molecule has 1 amide bonds. The normalized spacial score (nSPS) is 21.1. The molecule has 1 atom stereocenters. The molecule has 11 heteroatoms. The molecule has 2 aliphatic rings. The lowest BCUT2D eigenvalue weighted by Crippen LogP contribution is -2.48. The van der Waals surface area contributed by atoms with Gasteiger partial charge in [0, 0.05) is 24.2 Å². The molecule has 1 aromatic carbocycles. The van der Waals surface area contributed by atoms with E-state index in [-0.39, 0.29) is 29.5 Å². The smallest absolute Gasteiger partial charge is 0.421 e. The quantitative estimate of drug-likeness (QED) is 0.237. The van der Waals surface area contributed by atoms with Crippen LogP contribution in [0.1, 0.15) is 66.6 Å². The molecule has 1 aliphatic carbocycles. The second-order valence-corrected chi connectivity index (χ2v) is 10.4. The molecule has 1 saturated carbocycles. The number of ether oxygens (including phenoxy) is 2. The maximum Gasteiger partial charge on any atom is 0.421 e. The molecule has 5 rings (SSSR count). The van der Waals surface area contributed by atoms with Gasteiger partial charge in [0.05, 0.1) is 23.8 Å². The van der Waals surface area contributed by atoms with Crippen molar-refractivity contribution in [3.8, 4) is 11.6 Å². The lowest BCUT2D eigenvalue weighted by Gasteiger charge is -2.37. The number of fused-ring (bicyclic) bond motifs is 1. The second kappa shape index (κ2) is 10.9. The number of hydrogen-bond donors (Lipinski definition) is 0. The number of rotatable bonds is 6. The van der Waals surface area contributed by atoms with Crippen LogP contribution in [-0.4, -0.2) is 23.1 Å². The molecule has 0 spiro atoms. The van der Waals surface area contributed by atoms with E-state index in [1.54, 1.807) is 6.07 Å². The lowest BCUT2D eigenvalue weighted by molar-refractivity contribution is -0.139. The molecular weight excluding hydrogens is 532 g/mol. The van der Waals surface area contributed by atoms with E-state index in [0.717, 1.165) is 36.6 Å². The second-order valence-electron chi connectivity index (χ2n) is 10.4. The molecular formula is C29H28F4N2O5. The van der Waals surface area contributed by atoms with Gasteiger partial charge in [0.1, 0.15) is 5.56 Å². The van der Waals surface area contributed by atoms with Gasteiger partial charge in [-0.25, -0.2) is 14.2 Å². The molecule has 40 heavy (non-hydrogen) atoms. The molecule has 0 radical (unpaired) electrons. The summed E-state index contributed by atoms with van der Waals surface area (Å²) in [5, 5.41) is 0. The molecule has 2 aromatic heterocycles. The van der Waals surface area contributed by atoms with E-state index >= 15 is 4.39 Å². The number of hydrogen-bond acceptors (Lipinski definition) is 6. The zero-order valence-electron chi connectivity index (χ0n) is 22.0. The first-order valence-corrected chi connectivity index (χ1v) is 13.1. The van der Waals surface area contributed by atoms with Crippen molar-refractivity contribution in [1.82, 2.24) is 4.98 Å². The first-order valence-electron chi connectivity index (χ1n) is 13.1. The molecule has 1 unspecified atom stereocenters. The number of carbonyl (C=O) groups is 2. The van der Waals surface area contributed by atoms with Gasteiger partial charge < -0.3 is 13.9 Å². The molecule has 3 aromatic rings. The number of anilines is 1. The zero-order valence-corrected chi connectivity index (χ0v) is 22.0. The highest BCUT2D eigenvalue weighted by Crippen LogP contribution is 2.41. The standard InChI is InChI=1S/C29H28F4N2O5/c1-16-3-7-20(8-4-16)27(36)35-17(2)39-28(37)21-12-25(23(30)13-24(21)35)40-26-22(29(31,32)33)11-19(14-34-26)6-5-18-9-10-38-15-18/h9-17,20H,3-8H2,1-2H3. The summed E-state index contributed by atoms with van der Waals surface area (Å²) in [5.74, 6) is -3.47. The largest absolute Gasteiger partial charge is 0.472 e. The fourth-order valence-corrected chi connectivity index (χ4v) is 5.20. The number of aryl methyl sites for hydroxylation is 2. The number of pyridine rings is 1. The van der Waals surface area contributed by atoms with Crippen LogP contribution in [-0.2, 0) is 28.5 Å². The first kappa shape index (κ1) is 27.7. The molecule has 3 heterocycles. The Morgan fingerprint density at radius 1 is 1.10 bits per heavy atom. The van der Waals surface area contributed by atoms with E-state index in [0.29, 0.717) is 30.7 Å². The van der Waals surface area contributed by atoms with Crippen molar-refractivity contribution >= 4 is 17.6 Å². The van der Waals surface area contributed by atoms with Gasteiger partial charge >= 0.3 is 12.1 Å². The number of halogens is 4. The van der Waals surface area contributed by atoms with Crippen molar-refractivity contribution in [2.45, 2.75) is 64.8 Å². The number of nitrogens with zero attached hydrogens (tertiary/aromatic N) is 2. The van der Waals surface area contributed by atoms with Gasteiger partial charge in [-0.05, 0) is 74.6 Å². The van der Waals surface area contributed by atoms with Gasteiger partial charge in [0.2, 0.25) is 11.8 Å². The van der Waals surface area contributed by atoms with Crippen LogP contribution in [0.3, 0.4) is 0 Å². The van der Waals surface area contributed by atoms with Crippen molar-refractivity contribution < 1.29 is 41.0 Å². The van der Waals surface area contributed by atoms with Crippen LogP contribution in [0.15, 0.2) is 47.4 Å². The molecule has 1 aliphatic heterocycles. The summed E-state index contributed by atoms with van der Waals surface area (Å²) in [6.07, 6.45) is 2.18. The summed E-state index contributed by atoms with van der Waals surface area (Å²) >= 11 is 0. The highest BCUT2D eigenvalue weighted by atomic mass is 19.4. The Balaban J connectivity index is 1.43. The van der Waals surface area contributed by atoms with E-state index in [4.69, 9.17) is 13.9 Å². The third-order valence-corrected chi connectivity index (χ3v) is 7.48.